The number of benzene rings is 1. The van der Waals surface area contributed by atoms with Gasteiger partial charge in [-0.15, -0.1) is 0 Å². The Morgan fingerprint density at radius 3 is 2.50 bits per heavy atom. The Balaban J connectivity index is 1.14. The summed E-state index contributed by atoms with van der Waals surface area (Å²) in [5, 5.41) is 5.42. The van der Waals surface area contributed by atoms with E-state index >= 15 is 0 Å². The van der Waals surface area contributed by atoms with Crippen molar-refractivity contribution in [1.82, 2.24) is 20.5 Å². The molecule has 2 aliphatic rings. The molecule has 0 spiro atoms. The van der Waals surface area contributed by atoms with Crippen LogP contribution in [0, 0.1) is 5.92 Å². The van der Waals surface area contributed by atoms with Gasteiger partial charge in [0, 0.05) is 32.0 Å². The van der Waals surface area contributed by atoms with Gasteiger partial charge in [0.1, 0.15) is 0 Å². The average Bonchev–Trinajstić information content (AvgIpc) is 3.25. The third kappa shape index (κ3) is 5.27. The van der Waals surface area contributed by atoms with Crippen molar-refractivity contribution in [1.29, 1.82) is 0 Å². The number of aromatic nitrogens is 1. The van der Waals surface area contributed by atoms with Crippen LogP contribution in [0.15, 0.2) is 42.7 Å². The molecule has 4 rings (SSSR count). The fourth-order valence-corrected chi connectivity index (χ4v) is 3.73. The first-order valence-corrected chi connectivity index (χ1v) is 10.2. The maximum Gasteiger partial charge on any atom is 0.309 e. The van der Waals surface area contributed by atoms with E-state index in [0.717, 1.165) is 38.0 Å². The van der Waals surface area contributed by atoms with E-state index in [4.69, 9.17) is 9.47 Å². The summed E-state index contributed by atoms with van der Waals surface area (Å²) in [4.78, 5) is 30.7. The standard InChI is InChI=1S/C22H26N4O4/c27-21(22(28)25-13-18-1-2-19-20(11-18)30-15-29-19)24-12-16-5-9-26(10-6-16)14-17-3-7-23-8-4-17/h1-4,7-8,11,16H,5-6,9-10,12-15H2,(H,24,27)(H,25,28). The molecule has 0 radical (unpaired) electrons. The molecule has 0 unspecified atom stereocenters. The number of pyridine rings is 1. The zero-order valence-corrected chi connectivity index (χ0v) is 16.8. The Morgan fingerprint density at radius 2 is 1.70 bits per heavy atom. The molecule has 1 aromatic heterocycles. The van der Waals surface area contributed by atoms with Crippen LogP contribution in [0.3, 0.4) is 0 Å². The number of hydrogen-bond donors (Lipinski definition) is 2. The van der Waals surface area contributed by atoms with E-state index in [1.54, 1.807) is 12.1 Å². The monoisotopic (exact) mass is 410 g/mol. The van der Waals surface area contributed by atoms with E-state index in [9.17, 15) is 9.59 Å². The van der Waals surface area contributed by atoms with Crippen molar-refractivity contribution in [2.24, 2.45) is 5.92 Å². The second-order valence-corrected chi connectivity index (χ2v) is 7.66. The van der Waals surface area contributed by atoms with Crippen LogP contribution in [0.1, 0.15) is 24.0 Å². The first-order valence-electron chi connectivity index (χ1n) is 10.2. The van der Waals surface area contributed by atoms with E-state index in [2.05, 4.69) is 20.5 Å². The lowest BCUT2D eigenvalue weighted by molar-refractivity contribution is -0.139. The number of nitrogens with zero attached hydrogens (tertiary/aromatic N) is 2. The van der Waals surface area contributed by atoms with Gasteiger partial charge in [0.15, 0.2) is 11.5 Å². The minimum atomic E-state index is -0.622. The molecule has 1 saturated heterocycles. The molecular weight excluding hydrogens is 384 g/mol. The number of rotatable bonds is 6. The van der Waals surface area contributed by atoms with Crippen molar-refractivity contribution in [3.05, 3.63) is 53.9 Å². The van der Waals surface area contributed by atoms with E-state index in [1.807, 2.05) is 30.6 Å². The number of hydrogen-bond acceptors (Lipinski definition) is 6. The zero-order chi connectivity index (χ0) is 20.8. The van der Waals surface area contributed by atoms with E-state index in [1.165, 1.54) is 5.56 Å². The Bertz CT molecular complexity index is 882. The normalized spacial score (nSPS) is 16.3. The summed E-state index contributed by atoms with van der Waals surface area (Å²) in [5.41, 5.74) is 2.11. The van der Waals surface area contributed by atoms with Crippen molar-refractivity contribution in [3.63, 3.8) is 0 Å². The molecule has 2 aromatic rings. The summed E-state index contributed by atoms with van der Waals surface area (Å²) < 4.78 is 10.6. The quantitative estimate of drug-likeness (QED) is 0.701. The molecule has 8 nitrogen and oxygen atoms in total. The molecule has 2 aliphatic heterocycles. The second kappa shape index (κ2) is 9.58. The minimum absolute atomic E-state index is 0.205. The third-order valence-corrected chi connectivity index (χ3v) is 5.51. The lowest BCUT2D eigenvalue weighted by Gasteiger charge is -2.32. The SMILES string of the molecule is O=C(NCc1ccc2c(c1)OCO2)C(=O)NCC1CCN(Cc2ccncc2)CC1. The molecule has 158 valence electrons. The first-order chi connectivity index (χ1) is 14.7. The number of fused-ring (bicyclic) bond motifs is 1. The van der Waals surface area contributed by atoms with Crippen LogP contribution in [0.5, 0.6) is 11.5 Å². The number of piperidine rings is 1. The number of amides is 2. The van der Waals surface area contributed by atoms with Crippen LogP contribution in [0.25, 0.3) is 0 Å². The molecule has 1 aromatic carbocycles. The average molecular weight is 410 g/mol. The number of nitrogens with one attached hydrogen (secondary N) is 2. The fourth-order valence-electron chi connectivity index (χ4n) is 3.73. The predicted octanol–water partition coefficient (Wildman–Crippen LogP) is 1.45. The maximum absolute atomic E-state index is 12.1. The van der Waals surface area contributed by atoms with Gasteiger partial charge in [0.2, 0.25) is 6.79 Å². The molecule has 1 fully saturated rings. The molecule has 8 heteroatoms. The number of likely N-dealkylation sites (tertiary alicyclic amines) is 1. The summed E-state index contributed by atoms with van der Waals surface area (Å²) in [5.74, 6) is 0.526. The number of carbonyl (C=O) groups is 2. The summed E-state index contributed by atoms with van der Waals surface area (Å²) in [7, 11) is 0. The van der Waals surface area contributed by atoms with Gasteiger partial charge in [-0.1, -0.05) is 6.07 Å². The fraction of sp³-hybridized carbons (Fsp3) is 0.409. The molecule has 0 saturated carbocycles. The van der Waals surface area contributed by atoms with Crippen LogP contribution >= 0.6 is 0 Å². The summed E-state index contributed by atoms with van der Waals surface area (Å²) in [6, 6.07) is 9.51. The van der Waals surface area contributed by atoms with Gasteiger partial charge < -0.3 is 20.1 Å². The first kappa shape index (κ1) is 20.2. The molecule has 3 heterocycles. The Kier molecular flexibility index (Phi) is 6.44. The molecule has 30 heavy (non-hydrogen) atoms. The highest BCUT2D eigenvalue weighted by Crippen LogP contribution is 2.32. The molecule has 2 amide bonds. The third-order valence-electron chi connectivity index (χ3n) is 5.51. The molecule has 0 bridgehead atoms. The lowest BCUT2D eigenvalue weighted by Crippen LogP contribution is -2.43. The van der Waals surface area contributed by atoms with Gasteiger partial charge in [0.25, 0.3) is 0 Å². The Morgan fingerprint density at radius 1 is 0.967 bits per heavy atom. The minimum Gasteiger partial charge on any atom is -0.454 e. The Hall–Kier alpha value is -3.13. The predicted molar refractivity (Wildman–Crippen MR) is 110 cm³/mol. The summed E-state index contributed by atoms with van der Waals surface area (Å²) in [6.45, 7) is 3.88. The molecular formula is C22H26N4O4. The van der Waals surface area contributed by atoms with Crippen LogP contribution in [0.2, 0.25) is 0 Å². The number of carbonyl (C=O) groups excluding carboxylic acids is 2. The number of ether oxygens (including phenoxy) is 2. The lowest BCUT2D eigenvalue weighted by atomic mass is 9.96. The second-order valence-electron chi connectivity index (χ2n) is 7.66. The smallest absolute Gasteiger partial charge is 0.309 e. The van der Waals surface area contributed by atoms with E-state index in [-0.39, 0.29) is 13.3 Å². The van der Waals surface area contributed by atoms with Crippen LogP contribution in [-0.4, -0.2) is 48.1 Å². The zero-order valence-electron chi connectivity index (χ0n) is 16.8. The molecule has 0 aliphatic carbocycles. The summed E-state index contributed by atoms with van der Waals surface area (Å²) in [6.07, 6.45) is 5.64. The van der Waals surface area contributed by atoms with Crippen molar-refractivity contribution < 1.29 is 19.1 Å². The highest BCUT2D eigenvalue weighted by atomic mass is 16.7. The molecule has 2 N–H and O–H groups in total. The highest BCUT2D eigenvalue weighted by molar-refractivity contribution is 6.35. The Labute approximate surface area is 175 Å². The van der Waals surface area contributed by atoms with E-state index in [0.29, 0.717) is 24.0 Å². The van der Waals surface area contributed by atoms with E-state index < -0.39 is 11.8 Å². The van der Waals surface area contributed by atoms with Crippen molar-refractivity contribution in [2.45, 2.75) is 25.9 Å². The molecule has 0 atom stereocenters. The van der Waals surface area contributed by atoms with Crippen LogP contribution < -0.4 is 20.1 Å². The highest BCUT2D eigenvalue weighted by Gasteiger charge is 2.21. The van der Waals surface area contributed by atoms with Crippen molar-refractivity contribution in [3.8, 4) is 11.5 Å². The largest absolute Gasteiger partial charge is 0.454 e. The van der Waals surface area contributed by atoms with Gasteiger partial charge in [0.05, 0.1) is 0 Å². The van der Waals surface area contributed by atoms with Crippen molar-refractivity contribution >= 4 is 11.8 Å². The topological polar surface area (TPSA) is 92.8 Å². The van der Waals surface area contributed by atoms with Gasteiger partial charge >= 0.3 is 11.8 Å². The van der Waals surface area contributed by atoms with Gasteiger partial charge in [-0.2, -0.15) is 0 Å². The van der Waals surface area contributed by atoms with Gasteiger partial charge in [-0.25, -0.2) is 0 Å². The maximum atomic E-state index is 12.1. The van der Waals surface area contributed by atoms with Crippen LogP contribution in [-0.2, 0) is 22.7 Å². The van der Waals surface area contributed by atoms with Gasteiger partial charge in [-0.05, 0) is 67.2 Å². The summed E-state index contributed by atoms with van der Waals surface area (Å²) >= 11 is 0. The van der Waals surface area contributed by atoms with Gasteiger partial charge in [-0.3, -0.25) is 19.5 Å². The van der Waals surface area contributed by atoms with Crippen molar-refractivity contribution in [2.75, 3.05) is 26.4 Å². The van der Waals surface area contributed by atoms with Crippen LogP contribution in [0.4, 0.5) is 0 Å².